The van der Waals surface area contributed by atoms with E-state index in [1.165, 1.54) is 0 Å². The summed E-state index contributed by atoms with van der Waals surface area (Å²) in [7, 11) is 0. The van der Waals surface area contributed by atoms with Crippen molar-refractivity contribution in [3.05, 3.63) is 0 Å². The Morgan fingerprint density at radius 2 is 1.71 bits per heavy atom. The molecule has 0 aromatic carbocycles. The van der Waals surface area contributed by atoms with Crippen LogP contribution in [0.2, 0.25) is 0 Å². The molecule has 2 nitrogen and oxygen atoms in total. The van der Waals surface area contributed by atoms with Crippen molar-refractivity contribution in [2.45, 2.75) is 6.43 Å². The van der Waals surface area contributed by atoms with Gasteiger partial charge in [-0.15, -0.1) is 0 Å². The molecular formula is C2HF2NaO2. The summed E-state index contributed by atoms with van der Waals surface area (Å²) in [5.74, 6) is -2.32. The minimum atomic E-state index is -3.34. The van der Waals surface area contributed by atoms with Crippen molar-refractivity contribution < 1.29 is 48.2 Å². The van der Waals surface area contributed by atoms with Crippen molar-refractivity contribution in [3.8, 4) is 0 Å². The van der Waals surface area contributed by atoms with Crippen LogP contribution in [0.15, 0.2) is 0 Å². The maximum Gasteiger partial charge on any atom is 1.00 e. The van der Waals surface area contributed by atoms with E-state index in [9.17, 15) is 8.78 Å². The van der Waals surface area contributed by atoms with Gasteiger partial charge in [0, 0.05) is 0 Å². The van der Waals surface area contributed by atoms with Crippen molar-refractivity contribution >= 4 is 5.97 Å². The number of hydrogen-bond donors (Lipinski definition) is 0. The van der Waals surface area contributed by atoms with Gasteiger partial charge in [-0.2, -0.15) is 0 Å². The maximum absolute atomic E-state index is 10.5. The Labute approximate surface area is 60.8 Å². The molecule has 0 aromatic rings. The van der Waals surface area contributed by atoms with Crippen LogP contribution in [-0.4, -0.2) is 12.4 Å². The standard InChI is InChI=1S/C2H2F2O2.Na/c3-1(4)2(5)6;/h1H,(H,5,6);/q;+1/p-1/i1+1,2+1;. The van der Waals surface area contributed by atoms with E-state index in [1.54, 1.807) is 0 Å². The van der Waals surface area contributed by atoms with Gasteiger partial charge in [0.1, 0.15) is 5.97 Å². The van der Waals surface area contributed by atoms with Crippen molar-refractivity contribution in [1.29, 1.82) is 0 Å². The average Bonchev–Trinajstić information content (AvgIpc) is 1.36. The van der Waals surface area contributed by atoms with E-state index in [2.05, 4.69) is 0 Å². The Hall–Kier alpha value is 0.330. The predicted molar refractivity (Wildman–Crippen MR) is 11.0 cm³/mol. The Kier molecular flexibility index (Phi) is 6.63. The molecule has 36 valence electrons. The van der Waals surface area contributed by atoms with Gasteiger partial charge in [-0.1, -0.05) is 0 Å². The van der Waals surface area contributed by atoms with Crippen LogP contribution >= 0.6 is 0 Å². The number of rotatable bonds is 1. The summed E-state index contributed by atoms with van der Waals surface area (Å²) >= 11 is 0. The van der Waals surface area contributed by atoms with E-state index in [4.69, 9.17) is 9.90 Å². The number of halogens is 2. The molecule has 0 aromatic heterocycles. The summed E-state index contributed by atoms with van der Waals surface area (Å²) < 4.78 is 21.0. The van der Waals surface area contributed by atoms with Gasteiger partial charge in [0.2, 0.25) is 0 Å². The van der Waals surface area contributed by atoms with Crippen molar-refractivity contribution in [1.82, 2.24) is 0 Å². The summed E-state index contributed by atoms with van der Waals surface area (Å²) in [4.78, 5) is 8.84. The summed E-state index contributed by atoms with van der Waals surface area (Å²) in [6.07, 6.45) is -3.34. The van der Waals surface area contributed by atoms with Crippen LogP contribution < -0.4 is 34.7 Å². The van der Waals surface area contributed by atoms with Gasteiger partial charge in [0.25, 0.3) is 6.43 Å². The molecular weight excluding hydrogens is 119 g/mol. The maximum atomic E-state index is 10.5. The Balaban J connectivity index is 0. The molecule has 0 saturated carbocycles. The van der Waals surface area contributed by atoms with Crippen LogP contribution in [0.25, 0.3) is 0 Å². The first kappa shape index (κ1) is 10.3. The summed E-state index contributed by atoms with van der Waals surface area (Å²) in [6.45, 7) is 0. The number of carboxylic acids is 1. The molecule has 0 rings (SSSR count). The number of hydrogen-bond acceptors (Lipinski definition) is 2. The quantitative estimate of drug-likeness (QED) is 0.261. The first-order valence-electron chi connectivity index (χ1n) is 1.13. The second-order valence-corrected chi connectivity index (χ2v) is 0.620. The van der Waals surface area contributed by atoms with Gasteiger partial charge < -0.3 is 9.90 Å². The van der Waals surface area contributed by atoms with Crippen molar-refractivity contribution in [2.75, 3.05) is 0 Å². The number of carboxylic acid groups (broad SMARTS) is 1. The summed E-state index contributed by atoms with van der Waals surface area (Å²) in [5.41, 5.74) is 0. The minimum absolute atomic E-state index is 0. The third-order valence-electron chi connectivity index (χ3n) is 0.178. The van der Waals surface area contributed by atoms with Crippen LogP contribution in [0.5, 0.6) is 0 Å². The van der Waals surface area contributed by atoms with Gasteiger partial charge >= 0.3 is 29.6 Å². The van der Waals surface area contributed by atoms with E-state index in [1.807, 2.05) is 0 Å². The topological polar surface area (TPSA) is 40.1 Å². The number of aliphatic carboxylic acids is 1. The largest absolute Gasteiger partial charge is 1.00 e. The molecule has 0 radical (unpaired) electrons. The Morgan fingerprint density at radius 3 is 1.71 bits per heavy atom. The monoisotopic (exact) mass is 120 g/mol. The molecule has 0 amide bonds. The predicted octanol–water partition coefficient (Wildman–Crippen LogP) is -3.99. The zero-order valence-electron chi connectivity index (χ0n) is 3.65. The molecule has 0 unspecified atom stereocenters. The van der Waals surface area contributed by atoms with Gasteiger partial charge in [0.15, 0.2) is 0 Å². The SMILES string of the molecule is O=[13C]([O-])[13CH](F)F.[Na+]. The third-order valence-corrected chi connectivity index (χ3v) is 0.178. The molecule has 0 heterocycles. The minimum Gasteiger partial charge on any atom is -0.544 e. The Morgan fingerprint density at radius 1 is 1.57 bits per heavy atom. The third kappa shape index (κ3) is 6.33. The van der Waals surface area contributed by atoms with Gasteiger partial charge in [-0.05, 0) is 0 Å². The molecule has 7 heavy (non-hydrogen) atoms. The van der Waals surface area contributed by atoms with Crippen LogP contribution in [0.1, 0.15) is 0 Å². The van der Waals surface area contributed by atoms with Crippen LogP contribution in [0.3, 0.4) is 0 Å². The molecule has 0 atom stereocenters. The molecule has 0 bridgehead atoms. The second kappa shape index (κ2) is 4.49. The van der Waals surface area contributed by atoms with Gasteiger partial charge in [-0.25, -0.2) is 8.78 Å². The van der Waals surface area contributed by atoms with Gasteiger partial charge in [0.05, 0.1) is 0 Å². The first-order chi connectivity index (χ1) is 2.64. The van der Waals surface area contributed by atoms with Crippen LogP contribution in [0.4, 0.5) is 8.78 Å². The number of alkyl halides is 2. The molecule has 0 aliphatic carbocycles. The molecule has 0 fully saturated rings. The zero-order valence-corrected chi connectivity index (χ0v) is 5.65. The van der Waals surface area contributed by atoms with E-state index in [0.717, 1.165) is 0 Å². The summed E-state index contributed by atoms with van der Waals surface area (Å²) in [5, 5.41) is 8.84. The molecule has 0 spiro atoms. The smallest absolute Gasteiger partial charge is 0.544 e. The fourth-order valence-corrected chi connectivity index (χ4v) is 0. The zero-order chi connectivity index (χ0) is 5.15. The fourth-order valence-electron chi connectivity index (χ4n) is 0. The second-order valence-electron chi connectivity index (χ2n) is 0.620. The molecule has 5 heteroatoms. The van der Waals surface area contributed by atoms with Crippen molar-refractivity contribution in [2.24, 2.45) is 0 Å². The van der Waals surface area contributed by atoms with E-state index in [0.29, 0.717) is 0 Å². The van der Waals surface area contributed by atoms with Crippen LogP contribution in [0, 0.1) is 0 Å². The first-order valence-corrected chi connectivity index (χ1v) is 1.13. The molecule has 0 N–H and O–H groups in total. The van der Waals surface area contributed by atoms with E-state index in [-0.39, 0.29) is 29.6 Å². The van der Waals surface area contributed by atoms with Gasteiger partial charge in [-0.3, -0.25) is 0 Å². The van der Waals surface area contributed by atoms with Crippen LogP contribution in [-0.2, 0) is 4.79 Å². The molecule has 0 aliphatic heterocycles. The normalized spacial score (nSPS) is 7.86. The number of carbonyl (C=O) groups excluding carboxylic acids is 1. The summed E-state index contributed by atoms with van der Waals surface area (Å²) in [6, 6.07) is 0. The molecule has 0 aliphatic rings. The molecule has 0 saturated heterocycles. The fraction of sp³-hybridized carbons (Fsp3) is 0.500. The average molecular weight is 120 g/mol. The van der Waals surface area contributed by atoms with E-state index < -0.39 is 12.4 Å². The number of carbonyl (C=O) groups is 1. The van der Waals surface area contributed by atoms with E-state index >= 15 is 0 Å². The Bertz CT molecular complexity index is 64.7. The van der Waals surface area contributed by atoms with Crippen molar-refractivity contribution in [3.63, 3.8) is 0 Å².